The lowest BCUT2D eigenvalue weighted by molar-refractivity contribution is -0.131. The molecule has 0 heterocycles. The van der Waals surface area contributed by atoms with Crippen molar-refractivity contribution in [2.24, 2.45) is 0 Å². The molecule has 0 bridgehead atoms. The number of hydrogen-bond donors (Lipinski definition) is 1. The minimum absolute atomic E-state index is 0.144. The molecule has 0 unspecified atom stereocenters. The van der Waals surface area contributed by atoms with Crippen LogP contribution in [0, 0.1) is 0 Å². The average molecular weight is 384 g/mol. The Balaban J connectivity index is 1.97. The van der Waals surface area contributed by atoms with Gasteiger partial charge in [-0.3, -0.25) is 0 Å². The molecule has 0 aliphatic heterocycles. The summed E-state index contributed by atoms with van der Waals surface area (Å²) in [6.07, 6.45) is 3.62. The molecule has 0 atom stereocenters. The Morgan fingerprint density at radius 1 is 1.07 bits per heavy atom. The van der Waals surface area contributed by atoms with Crippen LogP contribution in [0.15, 0.2) is 48.5 Å². The molecule has 0 saturated carbocycles. The van der Waals surface area contributed by atoms with Crippen molar-refractivity contribution in [3.05, 3.63) is 59.7 Å². The van der Waals surface area contributed by atoms with Gasteiger partial charge in [0.25, 0.3) is 0 Å². The SMILES string of the molecule is CCC(C)(C)c1ccc(OCCOc2c(C=CC(=O)O)cccc2OC)cc1. The maximum absolute atomic E-state index is 10.8. The van der Waals surface area contributed by atoms with Gasteiger partial charge < -0.3 is 19.3 Å². The first kappa shape index (κ1) is 21.4. The Hall–Kier alpha value is -2.95. The summed E-state index contributed by atoms with van der Waals surface area (Å²) in [5.41, 5.74) is 2.06. The molecule has 0 amide bonds. The number of para-hydroxylation sites is 1. The number of carboxylic acids is 1. The molecule has 1 N–H and O–H groups in total. The second-order valence-corrected chi connectivity index (χ2v) is 7.01. The van der Waals surface area contributed by atoms with Crippen LogP contribution in [0.3, 0.4) is 0 Å². The van der Waals surface area contributed by atoms with Crippen LogP contribution in [0.1, 0.15) is 38.3 Å². The molecule has 0 aliphatic carbocycles. The van der Waals surface area contributed by atoms with Crippen LogP contribution in [0.2, 0.25) is 0 Å². The van der Waals surface area contributed by atoms with Crippen molar-refractivity contribution >= 4 is 12.0 Å². The van der Waals surface area contributed by atoms with Gasteiger partial charge in [-0.05, 0) is 41.7 Å². The highest BCUT2D eigenvalue weighted by Crippen LogP contribution is 2.32. The van der Waals surface area contributed by atoms with E-state index in [1.165, 1.54) is 11.6 Å². The zero-order valence-corrected chi connectivity index (χ0v) is 16.9. The van der Waals surface area contributed by atoms with Crippen LogP contribution in [0.5, 0.6) is 17.2 Å². The quantitative estimate of drug-likeness (QED) is 0.464. The Labute approximate surface area is 166 Å². The van der Waals surface area contributed by atoms with Gasteiger partial charge in [0.05, 0.1) is 7.11 Å². The smallest absolute Gasteiger partial charge is 0.328 e. The molecule has 2 aromatic rings. The van der Waals surface area contributed by atoms with E-state index in [-0.39, 0.29) is 5.41 Å². The van der Waals surface area contributed by atoms with Gasteiger partial charge >= 0.3 is 5.97 Å². The Bertz CT molecular complexity index is 806. The number of ether oxygens (including phenoxy) is 3. The molecular formula is C23H28O5. The van der Waals surface area contributed by atoms with Gasteiger partial charge in [0, 0.05) is 11.6 Å². The van der Waals surface area contributed by atoms with E-state index in [1.54, 1.807) is 25.3 Å². The normalized spacial score (nSPS) is 11.4. The lowest BCUT2D eigenvalue weighted by atomic mass is 9.82. The van der Waals surface area contributed by atoms with Crippen molar-refractivity contribution in [1.29, 1.82) is 0 Å². The molecule has 28 heavy (non-hydrogen) atoms. The van der Waals surface area contributed by atoms with Gasteiger partial charge in [-0.25, -0.2) is 4.79 Å². The Morgan fingerprint density at radius 2 is 1.75 bits per heavy atom. The van der Waals surface area contributed by atoms with Crippen LogP contribution < -0.4 is 14.2 Å². The van der Waals surface area contributed by atoms with E-state index < -0.39 is 5.97 Å². The zero-order valence-electron chi connectivity index (χ0n) is 16.9. The largest absolute Gasteiger partial charge is 0.493 e. The summed E-state index contributed by atoms with van der Waals surface area (Å²) < 4.78 is 16.9. The van der Waals surface area contributed by atoms with Crippen LogP contribution in [0.25, 0.3) is 6.08 Å². The molecule has 0 aromatic heterocycles. The topological polar surface area (TPSA) is 65.0 Å². The highest BCUT2D eigenvalue weighted by atomic mass is 16.5. The van der Waals surface area contributed by atoms with Crippen LogP contribution in [-0.4, -0.2) is 31.4 Å². The van der Waals surface area contributed by atoms with Crippen molar-refractivity contribution in [1.82, 2.24) is 0 Å². The van der Waals surface area contributed by atoms with Gasteiger partial charge in [0.15, 0.2) is 11.5 Å². The van der Waals surface area contributed by atoms with Gasteiger partial charge in [-0.2, -0.15) is 0 Å². The summed E-state index contributed by atoms with van der Waals surface area (Å²) in [6.45, 7) is 7.29. The number of benzene rings is 2. The molecule has 2 aromatic carbocycles. The summed E-state index contributed by atoms with van der Waals surface area (Å²) in [6, 6.07) is 13.4. The van der Waals surface area contributed by atoms with Gasteiger partial charge in [0.2, 0.25) is 0 Å². The van der Waals surface area contributed by atoms with E-state index in [0.29, 0.717) is 30.3 Å². The molecule has 0 spiro atoms. The third-order valence-corrected chi connectivity index (χ3v) is 4.75. The molecule has 5 nitrogen and oxygen atoms in total. The minimum Gasteiger partial charge on any atom is -0.493 e. The van der Waals surface area contributed by atoms with E-state index in [1.807, 2.05) is 12.1 Å². The summed E-state index contributed by atoms with van der Waals surface area (Å²) in [5.74, 6) is 0.793. The number of carbonyl (C=O) groups is 1. The summed E-state index contributed by atoms with van der Waals surface area (Å²) in [7, 11) is 1.54. The molecule has 0 aliphatic rings. The first-order chi connectivity index (χ1) is 13.4. The Kier molecular flexibility index (Phi) is 7.50. The molecule has 5 heteroatoms. The van der Waals surface area contributed by atoms with Crippen molar-refractivity contribution in [3.63, 3.8) is 0 Å². The summed E-state index contributed by atoms with van der Waals surface area (Å²) in [5, 5.41) is 8.84. The van der Waals surface area contributed by atoms with E-state index in [4.69, 9.17) is 19.3 Å². The maximum atomic E-state index is 10.8. The number of carboxylic acid groups (broad SMARTS) is 1. The Morgan fingerprint density at radius 3 is 2.36 bits per heavy atom. The first-order valence-electron chi connectivity index (χ1n) is 9.31. The highest BCUT2D eigenvalue weighted by Gasteiger charge is 2.17. The lowest BCUT2D eigenvalue weighted by Gasteiger charge is -2.23. The fourth-order valence-corrected chi connectivity index (χ4v) is 2.65. The fourth-order valence-electron chi connectivity index (χ4n) is 2.65. The first-order valence-corrected chi connectivity index (χ1v) is 9.31. The van der Waals surface area contributed by atoms with E-state index in [0.717, 1.165) is 18.2 Å². The molecule has 0 saturated heterocycles. The minimum atomic E-state index is -1.02. The summed E-state index contributed by atoms with van der Waals surface area (Å²) >= 11 is 0. The van der Waals surface area contributed by atoms with Crippen LogP contribution in [0.4, 0.5) is 0 Å². The van der Waals surface area contributed by atoms with Crippen LogP contribution >= 0.6 is 0 Å². The van der Waals surface area contributed by atoms with E-state index in [2.05, 4.69) is 32.9 Å². The van der Waals surface area contributed by atoms with Crippen molar-refractivity contribution < 1.29 is 24.1 Å². The van der Waals surface area contributed by atoms with Crippen LogP contribution in [-0.2, 0) is 10.2 Å². The fraction of sp³-hybridized carbons (Fsp3) is 0.348. The number of methoxy groups -OCH3 is 1. The lowest BCUT2D eigenvalue weighted by Crippen LogP contribution is -2.15. The summed E-state index contributed by atoms with van der Waals surface area (Å²) in [4.78, 5) is 10.8. The maximum Gasteiger partial charge on any atom is 0.328 e. The molecular weight excluding hydrogens is 356 g/mol. The van der Waals surface area contributed by atoms with Crippen molar-refractivity contribution in [2.75, 3.05) is 20.3 Å². The third kappa shape index (κ3) is 5.78. The highest BCUT2D eigenvalue weighted by molar-refractivity contribution is 5.86. The van der Waals surface area contributed by atoms with Crippen molar-refractivity contribution in [3.8, 4) is 17.2 Å². The van der Waals surface area contributed by atoms with Gasteiger partial charge in [-0.15, -0.1) is 0 Å². The van der Waals surface area contributed by atoms with Gasteiger partial charge in [-0.1, -0.05) is 45.0 Å². The third-order valence-electron chi connectivity index (χ3n) is 4.75. The van der Waals surface area contributed by atoms with Crippen molar-refractivity contribution in [2.45, 2.75) is 32.6 Å². The average Bonchev–Trinajstić information content (AvgIpc) is 2.70. The predicted octanol–water partition coefficient (Wildman–Crippen LogP) is 4.94. The molecule has 2 rings (SSSR count). The zero-order chi connectivity index (χ0) is 20.6. The van der Waals surface area contributed by atoms with E-state index in [9.17, 15) is 4.79 Å². The number of aliphatic carboxylic acids is 1. The molecule has 150 valence electrons. The number of hydrogen-bond acceptors (Lipinski definition) is 4. The second-order valence-electron chi connectivity index (χ2n) is 7.01. The molecule has 0 radical (unpaired) electrons. The van der Waals surface area contributed by atoms with Gasteiger partial charge in [0.1, 0.15) is 19.0 Å². The van der Waals surface area contributed by atoms with E-state index >= 15 is 0 Å². The molecule has 0 fully saturated rings. The number of rotatable bonds is 10. The second kappa shape index (κ2) is 9.83. The monoisotopic (exact) mass is 384 g/mol. The standard InChI is InChI=1S/C23H28O5/c1-5-23(2,3)18-10-12-19(13-11-18)27-15-16-28-22-17(9-14-21(24)25)7-6-8-20(22)26-4/h6-14H,5,15-16H2,1-4H3,(H,24,25). The predicted molar refractivity (Wildman–Crippen MR) is 110 cm³/mol.